The topological polar surface area (TPSA) is 38.9 Å². The Balaban J connectivity index is 1.77. The zero-order chi connectivity index (χ0) is 14.1. The molecule has 1 aromatic heterocycles. The first-order valence-electron chi connectivity index (χ1n) is 5.84. The standard InChI is InChI=1S/C14H10BrFN2S2/c15-10-5-8(1-3-11(10)16)7-19-14-18-12-4-2-9(17)6-13(12)20-14/h1-6H,7,17H2. The summed E-state index contributed by atoms with van der Waals surface area (Å²) in [4.78, 5) is 4.55. The van der Waals surface area contributed by atoms with Crippen molar-refractivity contribution in [3.05, 3.63) is 52.3 Å². The van der Waals surface area contributed by atoms with Gasteiger partial charge in [-0.2, -0.15) is 0 Å². The molecular formula is C14H10BrFN2S2. The van der Waals surface area contributed by atoms with Crippen molar-refractivity contribution in [2.75, 3.05) is 5.73 Å². The van der Waals surface area contributed by atoms with E-state index in [1.54, 1.807) is 35.2 Å². The fraction of sp³-hybridized carbons (Fsp3) is 0.0714. The number of nitrogen functional groups attached to an aromatic ring is 1. The van der Waals surface area contributed by atoms with Crippen molar-refractivity contribution in [1.29, 1.82) is 0 Å². The highest BCUT2D eigenvalue weighted by atomic mass is 79.9. The number of hydrogen-bond acceptors (Lipinski definition) is 4. The minimum atomic E-state index is -0.241. The molecule has 3 rings (SSSR count). The van der Waals surface area contributed by atoms with Gasteiger partial charge in [0.15, 0.2) is 4.34 Å². The number of thiazole rings is 1. The molecule has 0 saturated carbocycles. The van der Waals surface area contributed by atoms with Crippen LogP contribution in [-0.4, -0.2) is 4.98 Å². The van der Waals surface area contributed by atoms with Gasteiger partial charge in [0.25, 0.3) is 0 Å². The van der Waals surface area contributed by atoms with Crippen molar-refractivity contribution in [1.82, 2.24) is 4.98 Å². The maximum atomic E-state index is 13.2. The molecule has 0 fully saturated rings. The van der Waals surface area contributed by atoms with Gasteiger partial charge < -0.3 is 5.73 Å². The zero-order valence-corrected chi connectivity index (χ0v) is 13.5. The fourth-order valence-corrected chi connectivity index (χ4v) is 4.24. The van der Waals surface area contributed by atoms with Crippen molar-refractivity contribution < 1.29 is 4.39 Å². The number of hydrogen-bond donors (Lipinski definition) is 1. The second kappa shape index (κ2) is 5.71. The van der Waals surface area contributed by atoms with E-state index in [0.717, 1.165) is 31.6 Å². The first-order valence-corrected chi connectivity index (χ1v) is 8.44. The van der Waals surface area contributed by atoms with Gasteiger partial charge in [-0.15, -0.1) is 11.3 Å². The molecule has 0 saturated heterocycles. The molecule has 0 radical (unpaired) electrons. The number of fused-ring (bicyclic) bond motifs is 1. The van der Waals surface area contributed by atoms with Crippen LogP contribution in [0.4, 0.5) is 10.1 Å². The summed E-state index contributed by atoms with van der Waals surface area (Å²) in [5, 5.41) is 0. The van der Waals surface area contributed by atoms with Crippen LogP contribution >= 0.6 is 39.0 Å². The molecule has 0 unspecified atom stereocenters. The smallest absolute Gasteiger partial charge is 0.151 e. The van der Waals surface area contributed by atoms with Crippen molar-refractivity contribution in [2.45, 2.75) is 10.1 Å². The van der Waals surface area contributed by atoms with E-state index < -0.39 is 0 Å². The SMILES string of the molecule is Nc1ccc2nc(SCc3ccc(F)c(Br)c3)sc2c1. The number of anilines is 1. The van der Waals surface area contributed by atoms with Crippen LogP contribution in [0.3, 0.4) is 0 Å². The highest BCUT2D eigenvalue weighted by molar-refractivity contribution is 9.10. The molecule has 2 aromatic carbocycles. The molecule has 1 heterocycles. The lowest BCUT2D eigenvalue weighted by atomic mass is 10.2. The van der Waals surface area contributed by atoms with Gasteiger partial charge in [0.2, 0.25) is 0 Å². The van der Waals surface area contributed by atoms with Crippen molar-refractivity contribution in [2.24, 2.45) is 0 Å². The maximum Gasteiger partial charge on any atom is 0.151 e. The van der Waals surface area contributed by atoms with Crippen molar-refractivity contribution in [3.63, 3.8) is 0 Å². The Labute approximate surface area is 132 Å². The van der Waals surface area contributed by atoms with Gasteiger partial charge in [-0.05, 0) is 51.8 Å². The van der Waals surface area contributed by atoms with Crippen molar-refractivity contribution >= 4 is 54.9 Å². The molecule has 0 spiro atoms. The average molecular weight is 369 g/mol. The third-order valence-electron chi connectivity index (χ3n) is 2.74. The normalized spacial score (nSPS) is 11.1. The molecule has 20 heavy (non-hydrogen) atoms. The Morgan fingerprint density at radius 1 is 1.25 bits per heavy atom. The second-order valence-electron chi connectivity index (χ2n) is 4.24. The van der Waals surface area contributed by atoms with E-state index in [0.29, 0.717) is 4.47 Å². The Hall–Kier alpha value is -1.11. The van der Waals surface area contributed by atoms with Crippen LogP contribution in [-0.2, 0) is 5.75 Å². The molecule has 0 aliphatic carbocycles. The van der Waals surface area contributed by atoms with Crippen molar-refractivity contribution in [3.8, 4) is 0 Å². The number of thioether (sulfide) groups is 1. The highest BCUT2D eigenvalue weighted by Crippen LogP contribution is 2.32. The number of nitrogens with two attached hydrogens (primary N) is 1. The van der Waals surface area contributed by atoms with E-state index in [1.807, 2.05) is 18.2 Å². The summed E-state index contributed by atoms with van der Waals surface area (Å²) < 4.78 is 15.7. The fourth-order valence-electron chi connectivity index (χ4n) is 1.76. The second-order valence-corrected chi connectivity index (χ2v) is 7.35. The summed E-state index contributed by atoms with van der Waals surface area (Å²) in [7, 11) is 0. The van der Waals surface area contributed by atoms with Crippen LogP contribution in [0.25, 0.3) is 10.2 Å². The molecule has 0 bridgehead atoms. The summed E-state index contributed by atoms with van der Waals surface area (Å²) in [6.07, 6.45) is 0. The third kappa shape index (κ3) is 2.97. The van der Waals surface area contributed by atoms with Gasteiger partial charge in [0, 0.05) is 11.4 Å². The number of rotatable bonds is 3. The first kappa shape index (κ1) is 13.9. The first-order chi connectivity index (χ1) is 9.61. The Morgan fingerprint density at radius 3 is 2.90 bits per heavy atom. The van der Waals surface area contributed by atoms with Crippen LogP contribution in [0.5, 0.6) is 0 Å². The van der Waals surface area contributed by atoms with Gasteiger partial charge in [-0.25, -0.2) is 9.37 Å². The van der Waals surface area contributed by atoms with E-state index in [1.165, 1.54) is 6.07 Å². The molecule has 3 aromatic rings. The molecule has 0 amide bonds. The average Bonchev–Trinajstić information content (AvgIpc) is 2.82. The summed E-state index contributed by atoms with van der Waals surface area (Å²) >= 11 is 6.46. The van der Waals surface area contributed by atoms with E-state index >= 15 is 0 Å². The summed E-state index contributed by atoms with van der Waals surface area (Å²) in [6, 6.07) is 10.8. The Kier molecular flexibility index (Phi) is 3.96. The highest BCUT2D eigenvalue weighted by Gasteiger charge is 2.06. The molecule has 102 valence electrons. The molecular weight excluding hydrogens is 359 g/mol. The Morgan fingerprint density at radius 2 is 2.10 bits per heavy atom. The van der Waals surface area contributed by atoms with E-state index in [9.17, 15) is 4.39 Å². The minimum Gasteiger partial charge on any atom is -0.399 e. The van der Waals surface area contributed by atoms with Gasteiger partial charge in [0.05, 0.1) is 14.7 Å². The summed E-state index contributed by atoms with van der Waals surface area (Å²) in [6.45, 7) is 0. The van der Waals surface area contributed by atoms with Gasteiger partial charge in [-0.3, -0.25) is 0 Å². The van der Waals surface area contributed by atoms with Gasteiger partial charge >= 0.3 is 0 Å². The third-order valence-corrected chi connectivity index (χ3v) is 5.58. The number of nitrogens with zero attached hydrogens (tertiary/aromatic N) is 1. The lowest BCUT2D eigenvalue weighted by Crippen LogP contribution is -1.83. The van der Waals surface area contributed by atoms with E-state index in [4.69, 9.17) is 5.73 Å². The van der Waals surface area contributed by atoms with E-state index in [-0.39, 0.29) is 5.82 Å². The predicted octanol–water partition coefficient (Wildman–Crippen LogP) is 5.07. The number of halogens is 2. The molecule has 0 aliphatic heterocycles. The van der Waals surface area contributed by atoms with Crippen LogP contribution < -0.4 is 5.73 Å². The minimum absolute atomic E-state index is 0.241. The maximum absolute atomic E-state index is 13.2. The molecule has 2 N–H and O–H groups in total. The van der Waals surface area contributed by atoms with Crippen LogP contribution in [0, 0.1) is 5.82 Å². The lowest BCUT2D eigenvalue weighted by Gasteiger charge is -2.00. The van der Waals surface area contributed by atoms with Crippen LogP contribution in [0.1, 0.15) is 5.56 Å². The van der Waals surface area contributed by atoms with Crippen LogP contribution in [0.15, 0.2) is 45.2 Å². The zero-order valence-electron chi connectivity index (χ0n) is 10.3. The molecule has 0 atom stereocenters. The van der Waals surface area contributed by atoms with Gasteiger partial charge in [0.1, 0.15) is 5.82 Å². The Bertz CT molecular complexity index is 773. The van der Waals surface area contributed by atoms with E-state index in [2.05, 4.69) is 20.9 Å². The summed E-state index contributed by atoms with van der Waals surface area (Å²) in [5.41, 5.74) is 8.53. The lowest BCUT2D eigenvalue weighted by molar-refractivity contribution is 0.620. The van der Waals surface area contributed by atoms with Crippen LogP contribution in [0.2, 0.25) is 0 Å². The number of aromatic nitrogens is 1. The molecule has 2 nitrogen and oxygen atoms in total. The quantitative estimate of drug-likeness (QED) is 0.517. The summed E-state index contributed by atoms with van der Waals surface area (Å²) in [5.74, 6) is 0.517. The van der Waals surface area contributed by atoms with Gasteiger partial charge in [-0.1, -0.05) is 17.8 Å². The molecule has 0 aliphatic rings. The monoisotopic (exact) mass is 368 g/mol. The molecule has 6 heteroatoms. The largest absolute Gasteiger partial charge is 0.399 e. The predicted molar refractivity (Wildman–Crippen MR) is 87.7 cm³/mol. The number of benzene rings is 2.